The Labute approximate surface area is 140 Å². The molecule has 2 nitrogen and oxygen atoms in total. The first-order valence-corrected chi connectivity index (χ1v) is 7.96. The fraction of sp³-hybridized carbons (Fsp3) is 0.200. The minimum atomic E-state index is 0.00961. The van der Waals surface area contributed by atoms with E-state index < -0.39 is 0 Å². The highest BCUT2D eigenvalue weighted by Gasteiger charge is 2.17. The van der Waals surface area contributed by atoms with Gasteiger partial charge in [-0.25, -0.2) is 0 Å². The van der Waals surface area contributed by atoms with Gasteiger partial charge in [0.05, 0.1) is 19.0 Å². The second kappa shape index (κ2) is 6.83. The Morgan fingerprint density at radius 1 is 1.05 bits per heavy atom. The second-order valence-electron chi connectivity index (χ2n) is 4.15. The second-order valence-corrected chi connectivity index (χ2v) is 6.35. The zero-order valence-electron chi connectivity index (χ0n) is 11.0. The SMILES string of the molecule is COc1cc(Br)c(C(Br)c2cccc(Cl)c2)cc1OC. The number of methoxy groups -OCH3 is 2. The van der Waals surface area contributed by atoms with Gasteiger partial charge in [-0.15, -0.1) is 0 Å². The third kappa shape index (κ3) is 3.30. The van der Waals surface area contributed by atoms with E-state index in [0.717, 1.165) is 15.6 Å². The van der Waals surface area contributed by atoms with Gasteiger partial charge in [-0.3, -0.25) is 0 Å². The Morgan fingerprint density at radius 3 is 2.30 bits per heavy atom. The Hall–Kier alpha value is -0.710. The number of rotatable bonds is 4. The summed E-state index contributed by atoms with van der Waals surface area (Å²) in [4.78, 5) is 0.00961. The minimum Gasteiger partial charge on any atom is -0.493 e. The van der Waals surface area contributed by atoms with Crippen LogP contribution in [0.1, 0.15) is 16.0 Å². The number of alkyl halides is 1. The molecule has 106 valence electrons. The van der Waals surface area contributed by atoms with E-state index in [1.165, 1.54) is 0 Å². The maximum absolute atomic E-state index is 6.05. The van der Waals surface area contributed by atoms with Gasteiger partial charge in [0.2, 0.25) is 0 Å². The molecular weight excluding hydrogens is 407 g/mol. The Kier molecular flexibility index (Phi) is 5.35. The molecule has 0 aromatic heterocycles. The molecule has 2 aromatic carbocycles. The molecule has 0 heterocycles. The molecule has 2 rings (SSSR count). The van der Waals surface area contributed by atoms with Crippen LogP contribution in [0.5, 0.6) is 11.5 Å². The van der Waals surface area contributed by atoms with E-state index >= 15 is 0 Å². The van der Waals surface area contributed by atoms with Gasteiger partial charge in [0.15, 0.2) is 11.5 Å². The highest BCUT2D eigenvalue weighted by molar-refractivity contribution is 9.11. The molecule has 0 aliphatic rings. The first kappa shape index (κ1) is 15.7. The molecule has 0 spiro atoms. The van der Waals surface area contributed by atoms with Gasteiger partial charge in [-0.2, -0.15) is 0 Å². The molecule has 0 radical (unpaired) electrons. The first-order valence-electron chi connectivity index (χ1n) is 5.87. The summed E-state index contributed by atoms with van der Waals surface area (Å²) in [5.41, 5.74) is 2.12. The molecule has 1 atom stereocenters. The maximum Gasteiger partial charge on any atom is 0.161 e. The zero-order chi connectivity index (χ0) is 14.7. The van der Waals surface area contributed by atoms with Crippen LogP contribution < -0.4 is 9.47 Å². The van der Waals surface area contributed by atoms with Crippen molar-refractivity contribution in [3.63, 3.8) is 0 Å². The van der Waals surface area contributed by atoms with E-state index in [2.05, 4.69) is 31.9 Å². The smallest absolute Gasteiger partial charge is 0.161 e. The molecule has 0 bridgehead atoms. The van der Waals surface area contributed by atoms with Crippen LogP contribution in [0.2, 0.25) is 5.02 Å². The summed E-state index contributed by atoms with van der Waals surface area (Å²) in [6.45, 7) is 0. The Morgan fingerprint density at radius 2 is 1.70 bits per heavy atom. The van der Waals surface area contributed by atoms with Crippen LogP contribution in [-0.4, -0.2) is 14.2 Å². The Bertz CT molecular complexity index is 617. The number of hydrogen-bond acceptors (Lipinski definition) is 2. The molecule has 0 N–H and O–H groups in total. The molecule has 0 saturated heterocycles. The molecule has 20 heavy (non-hydrogen) atoms. The van der Waals surface area contributed by atoms with E-state index in [9.17, 15) is 0 Å². The molecule has 0 aliphatic carbocycles. The summed E-state index contributed by atoms with van der Waals surface area (Å²) in [5.74, 6) is 1.38. The number of benzene rings is 2. The normalized spacial score (nSPS) is 12.1. The summed E-state index contributed by atoms with van der Waals surface area (Å²) >= 11 is 13.3. The van der Waals surface area contributed by atoms with Gasteiger partial charge in [-0.1, -0.05) is 55.6 Å². The fourth-order valence-corrected chi connectivity index (χ4v) is 3.63. The lowest BCUT2D eigenvalue weighted by Gasteiger charge is -2.16. The average molecular weight is 421 g/mol. The van der Waals surface area contributed by atoms with Crippen LogP contribution in [0.15, 0.2) is 40.9 Å². The zero-order valence-corrected chi connectivity index (χ0v) is 14.9. The largest absolute Gasteiger partial charge is 0.493 e. The van der Waals surface area contributed by atoms with E-state index in [-0.39, 0.29) is 4.83 Å². The monoisotopic (exact) mass is 418 g/mol. The van der Waals surface area contributed by atoms with Crippen molar-refractivity contribution in [2.45, 2.75) is 4.83 Å². The standard InChI is InChI=1S/C15H13Br2ClO2/c1-19-13-7-11(12(16)8-14(13)20-2)15(17)9-4-3-5-10(18)6-9/h3-8,15H,1-2H3. The average Bonchev–Trinajstić information content (AvgIpc) is 2.46. The van der Waals surface area contributed by atoms with Crippen LogP contribution in [-0.2, 0) is 0 Å². The lowest BCUT2D eigenvalue weighted by molar-refractivity contribution is 0.354. The van der Waals surface area contributed by atoms with Gasteiger partial charge in [0.25, 0.3) is 0 Å². The molecule has 0 saturated carbocycles. The van der Waals surface area contributed by atoms with Crippen LogP contribution in [0.4, 0.5) is 0 Å². The van der Waals surface area contributed by atoms with Crippen LogP contribution >= 0.6 is 43.5 Å². The predicted octanol–water partition coefficient (Wildman–Crippen LogP) is 5.60. The summed E-state index contributed by atoms with van der Waals surface area (Å²) in [6, 6.07) is 11.6. The number of halogens is 3. The topological polar surface area (TPSA) is 18.5 Å². The van der Waals surface area contributed by atoms with Gasteiger partial charge in [0.1, 0.15) is 0 Å². The predicted molar refractivity (Wildman–Crippen MR) is 89.5 cm³/mol. The number of hydrogen-bond donors (Lipinski definition) is 0. The molecule has 0 aliphatic heterocycles. The van der Waals surface area contributed by atoms with Crippen molar-refractivity contribution in [2.24, 2.45) is 0 Å². The van der Waals surface area contributed by atoms with E-state index in [1.54, 1.807) is 14.2 Å². The van der Waals surface area contributed by atoms with Gasteiger partial charge >= 0.3 is 0 Å². The van der Waals surface area contributed by atoms with Gasteiger partial charge in [-0.05, 0) is 35.4 Å². The van der Waals surface area contributed by atoms with Crippen molar-refractivity contribution in [1.82, 2.24) is 0 Å². The molecule has 0 fully saturated rings. The summed E-state index contributed by atoms with van der Waals surface area (Å²) in [7, 11) is 3.24. The van der Waals surface area contributed by atoms with Crippen LogP contribution in [0.25, 0.3) is 0 Å². The first-order chi connectivity index (χ1) is 9.56. The van der Waals surface area contributed by atoms with E-state index in [0.29, 0.717) is 16.5 Å². The molecule has 1 unspecified atom stereocenters. The highest BCUT2D eigenvalue weighted by Crippen LogP contribution is 2.41. The fourth-order valence-electron chi connectivity index (χ4n) is 1.91. The minimum absolute atomic E-state index is 0.00961. The molecule has 2 aromatic rings. The van der Waals surface area contributed by atoms with Crippen molar-refractivity contribution in [1.29, 1.82) is 0 Å². The third-order valence-electron chi connectivity index (χ3n) is 2.92. The van der Waals surface area contributed by atoms with Crippen molar-refractivity contribution in [3.05, 3.63) is 57.0 Å². The lowest BCUT2D eigenvalue weighted by Crippen LogP contribution is -1.98. The maximum atomic E-state index is 6.05. The van der Waals surface area contributed by atoms with Crippen LogP contribution in [0.3, 0.4) is 0 Å². The van der Waals surface area contributed by atoms with Crippen molar-refractivity contribution in [3.8, 4) is 11.5 Å². The summed E-state index contributed by atoms with van der Waals surface area (Å²) in [6.07, 6.45) is 0. The Balaban J connectivity index is 2.46. The quantitative estimate of drug-likeness (QED) is 0.599. The number of ether oxygens (including phenoxy) is 2. The van der Waals surface area contributed by atoms with Gasteiger partial charge in [0, 0.05) is 9.50 Å². The van der Waals surface area contributed by atoms with E-state index in [1.807, 2.05) is 36.4 Å². The van der Waals surface area contributed by atoms with Gasteiger partial charge < -0.3 is 9.47 Å². The highest BCUT2D eigenvalue weighted by atomic mass is 79.9. The molecular formula is C15H13Br2ClO2. The van der Waals surface area contributed by atoms with Crippen molar-refractivity contribution >= 4 is 43.5 Å². The molecule has 0 amide bonds. The third-order valence-corrected chi connectivity index (χ3v) is 4.86. The van der Waals surface area contributed by atoms with Crippen molar-refractivity contribution in [2.75, 3.05) is 14.2 Å². The lowest BCUT2D eigenvalue weighted by atomic mass is 10.0. The molecule has 5 heteroatoms. The van der Waals surface area contributed by atoms with Crippen molar-refractivity contribution < 1.29 is 9.47 Å². The van der Waals surface area contributed by atoms with E-state index in [4.69, 9.17) is 21.1 Å². The van der Waals surface area contributed by atoms with Crippen LogP contribution in [0, 0.1) is 0 Å². The summed E-state index contributed by atoms with van der Waals surface area (Å²) < 4.78 is 11.6. The summed E-state index contributed by atoms with van der Waals surface area (Å²) in [5, 5.41) is 0.712.